The number of hydrogen-bond donors (Lipinski definition) is 1. The molecule has 0 aliphatic carbocycles. The van der Waals surface area contributed by atoms with Crippen molar-refractivity contribution in [2.24, 2.45) is 0 Å². The highest BCUT2D eigenvalue weighted by atomic mass is 32.1. The van der Waals surface area contributed by atoms with Crippen LogP contribution in [0.1, 0.15) is 30.6 Å². The number of rotatable bonds is 11. The molecule has 10 nitrogen and oxygen atoms in total. The number of nitrogens with zero attached hydrogens (tertiary/aromatic N) is 4. The van der Waals surface area contributed by atoms with E-state index in [0.717, 1.165) is 32.7 Å². The van der Waals surface area contributed by atoms with Gasteiger partial charge in [-0.2, -0.15) is 0 Å². The number of hydrogen-bond acceptors (Lipinski definition) is 8. The number of carbonyl (C=O) groups is 3. The smallest absolute Gasteiger partial charge is 0.338 e. The fraction of sp³-hybridized carbons (Fsp3) is 0.448. The Morgan fingerprint density at radius 3 is 2.25 bits per heavy atom. The lowest BCUT2D eigenvalue weighted by Gasteiger charge is -2.34. The first kappa shape index (κ1) is 29.4. The third-order valence-corrected chi connectivity index (χ3v) is 7.45. The summed E-state index contributed by atoms with van der Waals surface area (Å²) in [4.78, 5) is 46.8. The van der Waals surface area contributed by atoms with Crippen molar-refractivity contribution in [1.29, 1.82) is 0 Å². The molecule has 2 saturated heterocycles. The highest BCUT2D eigenvalue weighted by molar-refractivity contribution is 7.80. The van der Waals surface area contributed by atoms with E-state index in [2.05, 4.69) is 22.2 Å². The van der Waals surface area contributed by atoms with Gasteiger partial charge in [-0.05, 0) is 81.6 Å². The van der Waals surface area contributed by atoms with Crippen LogP contribution in [0.2, 0.25) is 0 Å². The van der Waals surface area contributed by atoms with Gasteiger partial charge in [0.2, 0.25) is 5.91 Å². The van der Waals surface area contributed by atoms with E-state index in [1.165, 1.54) is 4.90 Å². The van der Waals surface area contributed by atoms with Gasteiger partial charge in [0.1, 0.15) is 11.8 Å². The van der Waals surface area contributed by atoms with Gasteiger partial charge in [0.25, 0.3) is 5.91 Å². The van der Waals surface area contributed by atoms with Crippen LogP contribution in [-0.4, -0.2) is 103 Å². The molecule has 2 fully saturated rings. The Balaban J connectivity index is 1.47. The van der Waals surface area contributed by atoms with E-state index in [0.29, 0.717) is 41.0 Å². The minimum Gasteiger partial charge on any atom is -0.494 e. The Morgan fingerprint density at radius 2 is 1.62 bits per heavy atom. The molecule has 2 aromatic carbocycles. The summed E-state index contributed by atoms with van der Waals surface area (Å²) >= 11 is 5.81. The molecule has 2 amide bonds. The third-order valence-electron chi connectivity index (χ3n) is 7.04. The van der Waals surface area contributed by atoms with Crippen LogP contribution in [0.15, 0.2) is 48.5 Å². The molecule has 0 radical (unpaired) electrons. The van der Waals surface area contributed by atoms with Gasteiger partial charge in [-0.3, -0.25) is 19.4 Å². The summed E-state index contributed by atoms with van der Waals surface area (Å²) in [6.45, 7) is 9.63. The van der Waals surface area contributed by atoms with Crippen molar-refractivity contribution in [2.75, 3.05) is 69.7 Å². The molecule has 0 saturated carbocycles. The maximum atomic E-state index is 13.7. The molecule has 0 aromatic heterocycles. The number of benzene rings is 2. The lowest BCUT2D eigenvalue weighted by molar-refractivity contribution is -0.124. The summed E-state index contributed by atoms with van der Waals surface area (Å²) in [5.74, 6) is -0.264. The molecule has 2 aliphatic heterocycles. The summed E-state index contributed by atoms with van der Waals surface area (Å²) in [6, 6.07) is 13.0. The van der Waals surface area contributed by atoms with Crippen molar-refractivity contribution < 1.29 is 23.9 Å². The van der Waals surface area contributed by atoms with Crippen LogP contribution in [0.4, 0.5) is 11.4 Å². The predicted molar refractivity (Wildman–Crippen MR) is 158 cm³/mol. The van der Waals surface area contributed by atoms with E-state index in [1.54, 1.807) is 43.3 Å². The molecule has 1 atom stereocenters. The molecule has 0 bridgehead atoms. The second-order valence-corrected chi connectivity index (χ2v) is 10.2. The Labute approximate surface area is 240 Å². The van der Waals surface area contributed by atoms with Crippen LogP contribution in [0, 0.1) is 0 Å². The van der Waals surface area contributed by atoms with E-state index in [1.807, 2.05) is 24.0 Å². The first-order valence-electron chi connectivity index (χ1n) is 13.7. The van der Waals surface area contributed by atoms with Crippen LogP contribution in [0.25, 0.3) is 0 Å². The average Bonchev–Trinajstić information content (AvgIpc) is 3.17. The van der Waals surface area contributed by atoms with Crippen molar-refractivity contribution in [3.63, 3.8) is 0 Å². The molecular formula is C29H37N5O5S. The summed E-state index contributed by atoms with van der Waals surface area (Å²) in [5.41, 5.74) is 1.57. The highest BCUT2D eigenvalue weighted by Crippen LogP contribution is 2.29. The number of esters is 1. The lowest BCUT2D eigenvalue weighted by atomic mass is 10.1. The summed E-state index contributed by atoms with van der Waals surface area (Å²) in [6.07, 6.45) is -0.0606. The largest absolute Gasteiger partial charge is 0.494 e. The zero-order valence-corrected chi connectivity index (χ0v) is 24.1. The topological polar surface area (TPSA) is 94.7 Å². The second kappa shape index (κ2) is 13.7. The second-order valence-electron chi connectivity index (χ2n) is 9.79. The van der Waals surface area contributed by atoms with Gasteiger partial charge in [-0.1, -0.05) is 0 Å². The molecule has 4 rings (SSSR count). The predicted octanol–water partition coefficient (Wildman–Crippen LogP) is 2.84. The Bertz CT molecular complexity index is 1200. The first-order chi connectivity index (χ1) is 19.3. The molecule has 2 aliphatic rings. The molecule has 0 unspecified atom stereocenters. The van der Waals surface area contributed by atoms with Crippen LogP contribution < -0.4 is 15.0 Å². The van der Waals surface area contributed by atoms with Gasteiger partial charge in [-0.25, -0.2) is 4.79 Å². The van der Waals surface area contributed by atoms with E-state index in [-0.39, 0.29) is 24.8 Å². The van der Waals surface area contributed by atoms with Crippen molar-refractivity contribution >= 4 is 46.5 Å². The van der Waals surface area contributed by atoms with Crippen molar-refractivity contribution in [2.45, 2.75) is 26.3 Å². The number of thiocarbonyl (C=S) groups is 1. The van der Waals surface area contributed by atoms with Crippen LogP contribution in [-0.2, 0) is 14.3 Å². The van der Waals surface area contributed by atoms with Gasteiger partial charge < -0.3 is 24.6 Å². The van der Waals surface area contributed by atoms with E-state index in [4.69, 9.17) is 21.7 Å². The Kier molecular flexibility index (Phi) is 10.1. The number of likely N-dealkylation sites (N-methyl/N-ethyl adjacent to an activating group) is 1. The molecule has 0 spiro atoms. The molecule has 214 valence electrons. The summed E-state index contributed by atoms with van der Waals surface area (Å²) < 4.78 is 10.5. The van der Waals surface area contributed by atoms with Gasteiger partial charge in [0.15, 0.2) is 5.11 Å². The molecule has 2 heterocycles. The maximum absolute atomic E-state index is 13.7. The molecule has 1 N–H and O–H groups in total. The summed E-state index contributed by atoms with van der Waals surface area (Å²) in [5, 5.41) is 3.23. The molecular weight excluding hydrogens is 530 g/mol. The van der Waals surface area contributed by atoms with Gasteiger partial charge >= 0.3 is 5.97 Å². The Morgan fingerprint density at radius 1 is 0.950 bits per heavy atom. The highest BCUT2D eigenvalue weighted by Gasteiger charge is 2.44. The first-order valence-corrected chi connectivity index (χ1v) is 14.1. The van der Waals surface area contributed by atoms with Gasteiger partial charge in [0, 0.05) is 45.0 Å². The van der Waals surface area contributed by atoms with E-state index >= 15 is 0 Å². The Hall–Kier alpha value is -3.54. The van der Waals surface area contributed by atoms with Crippen LogP contribution >= 0.6 is 12.2 Å². The normalized spacial score (nSPS) is 18.2. The number of nitrogens with one attached hydrogen (secondary N) is 1. The van der Waals surface area contributed by atoms with Crippen molar-refractivity contribution in [1.82, 2.24) is 14.7 Å². The third kappa shape index (κ3) is 7.15. The average molecular weight is 568 g/mol. The number of carbonyl (C=O) groups excluding carboxylic acids is 3. The quantitative estimate of drug-likeness (QED) is 0.325. The number of piperazine rings is 1. The number of anilines is 2. The minimum atomic E-state index is -0.731. The van der Waals surface area contributed by atoms with Crippen molar-refractivity contribution in [3.05, 3.63) is 54.1 Å². The molecule has 2 aromatic rings. The van der Waals surface area contributed by atoms with E-state index < -0.39 is 12.0 Å². The van der Waals surface area contributed by atoms with Crippen LogP contribution in [0.3, 0.4) is 0 Å². The zero-order valence-electron chi connectivity index (χ0n) is 23.3. The fourth-order valence-corrected chi connectivity index (χ4v) is 5.21. The SMILES string of the molecule is CCOC(=O)c1ccc(NC(=O)C[C@H]2C(=O)N(c3ccc(OCC)cc3)C(=S)N2CCN2CCN(C)CC2)cc1. The lowest BCUT2D eigenvalue weighted by Crippen LogP contribution is -2.48. The fourth-order valence-electron chi connectivity index (χ4n) is 4.80. The van der Waals surface area contributed by atoms with Crippen LogP contribution in [0.5, 0.6) is 5.75 Å². The standard InChI is InChI=1S/C29H37N5O5S/c1-4-38-24-12-10-23(11-13-24)34-27(36)25(33(29(34)40)19-18-32-16-14-31(3)15-17-32)20-26(35)30-22-8-6-21(7-9-22)28(37)39-5-2/h6-13,25H,4-5,14-20H2,1-3H3,(H,30,35)/t25-/m0/s1. The van der Waals surface area contributed by atoms with Gasteiger partial charge in [-0.15, -0.1) is 0 Å². The molecule has 40 heavy (non-hydrogen) atoms. The number of amides is 2. The van der Waals surface area contributed by atoms with Crippen molar-refractivity contribution in [3.8, 4) is 5.75 Å². The maximum Gasteiger partial charge on any atom is 0.338 e. The monoisotopic (exact) mass is 567 g/mol. The summed E-state index contributed by atoms with van der Waals surface area (Å²) in [7, 11) is 2.11. The molecule has 11 heteroatoms. The number of ether oxygens (including phenoxy) is 2. The zero-order chi connectivity index (χ0) is 28.6. The van der Waals surface area contributed by atoms with E-state index in [9.17, 15) is 14.4 Å². The minimum absolute atomic E-state index is 0.0606. The van der Waals surface area contributed by atoms with Gasteiger partial charge in [0.05, 0.1) is 30.9 Å².